The molecule has 154 valence electrons. The summed E-state index contributed by atoms with van der Waals surface area (Å²) in [5.41, 5.74) is 1.45. The van der Waals surface area contributed by atoms with Crippen LogP contribution in [-0.2, 0) is 4.79 Å². The van der Waals surface area contributed by atoms with Gasteiger partial charge >= 0.3 is 0 Å². The lowest BCUT2D eigenvalue weighted by atomic mass is 9.71. The lowest BCUT2D eigenvalue weighted by Gasteiger charge is -2.33. The molecule has 0 saturated carbocycles. The van der Waals surface area contributed by atoms with E-state index in [9.17, 15) is 15.0 Å². The number of carbonyl (C=O) groups excluding carboxylic acids is 1. The Labute approximate surface area is 165 Å². The Hall–Kier alpha value is -1.39. The molecule has 0 aromatic rings. The number of rotatable bonds is 8. The van der Waals surface area contributed by atoms with Crippen molar-refractivity contribution >= 4 is 5.91 Å². The van der Waals surface area contributed by atoms with Gasteiger partial charge in [-0.2, -0.15) is 0 Å². The number of nitrogens with one attached hydrogen (secondary N) is 1. The van der Waals surface area contributed by atoms with Crippen molar-refractivity contribution in [3.63, 3.8) is 0 Å². The summed E-state index contributed by atoms with van der Waals surface area (Å²) in [4.78, 5) is 11.2. The first-order valence-corrected chi connectivity index (χ1v) is 10.1. The minimum absolute atomic E-state index is 0.0996. The minimum Gasteiger partial charge on any atom is -0.392 e. The summed E-state index contributed by atoms with van der Waals surface area (Å²) in [6.07, 6.45) is 11.8. The molecule has 0 aromatic heterocycles. The normalized spacial score (nSPS) is 25.7. The van der Waals surface area contributed by atoms with Gasteiger partial charge in [0.1, 0.15) is 0 Å². The molecule has 6 unspecified atom stereocenters. The van der Waals surface area contributed by atoms with Crippen LogP contribution in [0.2, 0.25) is 0 Å². The van der Waals surface area contributed by atoms with Gasteiger partial charge in [-0.15, -0.1) is 0 Å². The molecule has 6 atom stereocenters. The van der Waals surface area contributed by atoms with Crippen LogP contribution in [-0.4, -0.2) is 34.4 Å². The molecule has 0 spiro atoms. The predicted octanol–water partition coefficient (Wildman–Crippen LogP) is 4.00. The van der Waals surface area contributed by atoms with Crippen LogP contribution in [0, 0.1) is 23.2 Å². The SMILES string of the molecule is CC(=O)NC(C)C(O)C(C)C(O)C(C)C=CC(C)=CC1C=CCCC1(C)C. The standard InChI is InChI=1S/C23H39NO3/c1-15(14-20-10-8-9-13-23(20,6)7)11-12-16(2)21(26)17(3)22(27)18(4)24-19(5)25/h8,10-12,14,16-18,20-22,26-27H,9,13H2,1-7H3,(H,24,25). The average Bonchev–Trinajstić information content (AvgIpc) is 2.58. The third-order valence-electron chi connectivity index (χ3n) is 5.87. The quantitative estimate of drug-likeness (QED) is 0.442. The van der Waals surface area contributed by atoms with Gasteiger partial charge in [0.05, 0.1) is 18.2 Å². The zero-order chi connectivity index (χ0) is 20.8. The molecule has 0 radical (unpaired) electrons. The van der Waals surface area contributed by atoms with E-state index in [-0.39, 0.29) is 23.2 Å². The molecule has 1 amide bonds. The van der Waals surface area contributed by atoms with Crippen LogP contribution in [0.15, 0.2) is 36.0 Å². The average molecular weight is 378 g/mol. The van der Waals surface area contributed by atoms with Crippen molar-refractivity contribution in [3.05, 3.63) is 36.0 Å². The summed E-state index contributed by atoms with van der Waals surface area (Å²) >= 11 is 0. The number of amides is 1. The van der Waals surface area contributed by atoms with E-state index in [1.807, 2.05) is 19.9 Å². The molecule has 4 heteroatoms. The number of carbonyl (C=O) groups is 1. The number of allylic oxidation sites excluding steroid dienone is 5. The van der Waals surface area contributed by atoms with Crippen molar-refractivity contribution in [2.24, 2.45) is 23.2 Å². The van der Waals surface area contributed by atoms with E-state index < -0.39 is 18.2 Å². The van der Waals surface area contributed by atoms with Gasteiger partial charge < -0.3 is 15.5 Å². The number of aliphatic hydroxyl groups is 2. The van der Waals surface area contributed by atoms with E-state index >= 15 is 0 Å². The molecule has 0 fully saturated rings. The first-order chi connectivity index (χ1) is 12.5. The second-order valence-electron chi connectivity index (χ2n) is 8.94. The molecule has 27 heavy (non-hydrogen) atoms. The molecule has 0 bridgehead atoms. The second kappa shape index (κ2) is 10.2. The van der Waals surface area contributed by atoms with Crippen molar-refractivity contribution in [1.29, 1.82) is 0 Å². The predicted molar refractivity (Wildman–Crippen MR) is 112 cm³/mol. The van der Waals surface area contributed by atoms with Gasteiger partial charge in [-0.05, 0) is 32.1 Å². The Bertz CT molecular complexity index is 576. The Morgan fingerprint density at radius 1 is 1.19 bits per heavy atom. The maximum atomic E-state index is 11.2. The first kappa shape index (κ1) is 23.6. The Kier molecular flexibility index (Phi) is 8.97. The molecule has 1 aliphatic rings. The van der Waals surface area contributed by atoms with Crippen molar-refractivity contribution in [2.75, 3.05) is 0 Å². The molecular weight excluding hydrogens is 338 g/mol. The van der Waals surface area contributed by atoms with Gasteiger partial charge in [0.2, 0.25) is 5.91 Å². The maximum absolute atomic E-state index is 11.2. The number of aliphatic hydroxyl groups excluding tert-OH is 2. The fourth-order valence-corrected chi connectivity index (χ4v) is 3.70. The lowest BCUT2D eigenvalue weighted by Crippen LogP contribution is -2.47. The highest BCUT2D eigenvalue weighted by Crippen LogP contribution is 2.38. The van der Waals surface area contributed by atoms with Crippen molar-refractivity contribution < 1.29 is 15.0 Å². The van der Waals surface area contributed by atoms with Gasteiger partial charge in [0.25, 0.3) is 0 Å². The number of hydrogen-bond donors (Lipinski definition) is 3. The Balaban J connectivity index is 2.71. The lowest BCUT2D eigenvalue weighted by molar-refractivity contribution is -0.121. The summed E-state index contributed by atoms with van der Waals surface area (Å²) in [6.45, 7) is 13.6. The largest absolute Gasteiger partial charge is 0.392 e. The Morgan fingerprint density at radius 3 is 2.37 bits per heavy atom. The molecule has 0 aliphatic heterocycles. The summed E-state index contributed by atoms with van der Waals surface area (Å²) in [6, 6.07) is -0.398. The summed E-state index contributed by atoms with van der Waals surface area (Å²) < 4.78 is 0. The zero-order valence-electron chi connectivity index (χ0n) is 18.1. The maximum Gasteiger partial charge on any atom is 0.217 e. The minimum atomic E-state index is -0.801. The van der Waals surface area contributed by atoms with Crippen LogP contribution in [0.25, 0.3) is 0 Å². The van der Waals surface area contributed by atoms with Crippen LogP contribution in [0.5, 0.6) is 0 Å². The second-order valence-corrected chi connectivity index (χ2v) is 8.94. The van der Waals surface area contributed by atoms with Crippen LogP contribution in [0.3, 0.4) is 0 Å². The van der Waals surface area contributed by atoms with Gasteiger partial charge in [0.15, 0.2) is 0 Å². The fourth-order valence-electron chi connectivity index (χ4n) is 3.70. The van der Waals surface area contributed by atoms with E-state index in [1.165, 1.54) is 18.9 Å². The van der Waals surface area contributed by atoms with Crippen LogP contribution in [0.4, 0.5) is 0 Å². The van der Waals surface area contributed by atoms with Crippen molar-refractivity contribution in [2.45, 2.75) is 79.6 Å². The summed E-state index contributed by atoms with van der Waals surface area (Å²) in [5, 5.41) is 23.7. The van der Waals surface area contributed by atoms with Crippen LogP contribution in [0.1, 0.15) is 61.3 Å². The van der Waals surface area contributed by atoms with E-state index in [0.29, 0.717) is 5.92 Å². The topological polar surface area (TPSA) is 69.6 Å². The van der Waals surface area contributed by atoms with Gasteiger partial charge in [-0.3, -0.25) is 4.79 Å². The molecule has 0 aromatic carbocycles. The van der Waals surface area contributed by atoms with E-state index in [1.54, 1.807) is 6.92 Å². The highest BCUT2D eigenvalue weighted by molar-refractivity contribution is 5.73. The van der Waals surface area contributed by atoms with E-state index in [2.05, 4.69) is 50.4 Å². The van der Waals surface area contributed by atoms with E-state index in [4.69, 9.17) is 0 Å². The summed E-state index contributed by atoms with van der Waals surface area (Å²) in [5.74, 6) is -0.208. The molecule has 0 saturated heterocycles. The van der Waals surface area contributed by atoms with Gasteiger partial charge in [-0.1, -0.05) is 63.6 Å². The molecule has 0 heterocycles. The van der Waals surface area contributed by atoms with Gasteiger partial charge in [-0.25, -0.2) is 0 Å². The highest BCUT2D eigenvalue weighted by Gasteiger charge is 2.30. The zero-order valence-corrected chi connectivity index (χ0v) is 18.1. The molecule has 3 N–H and O–H groups in total. The highest BCUT2D eigenvalue weighted by atomic mass is 16.3. The third kappa shape index (κ3) is 7.27. The van der Waals surface area contributed by atoms with Crippen LogP contribution >= 0.6 is 0 Å². The Morgan fingerprint density at radius 2 is 1.81 bits per heavy atom. The first-order valence-electron chi connectivity index (χ1n) is 10.1. The molecule has 1 aliphatic carbocycles. The van der Waals surface area contributed by atoms with Crippen molar-refractivity contribution in [1.82, 2.24) is 5.32 Å². The fraction of sp³-hybridized carbons (Fsp3) is 0.696. The van der Waals surface area contributed by atoms with Crippen molar-refractivity contribution in [3.8, 4) is 0 Å². The van der Waals surface area contributed by atoms with Gasteiger partial charge in [0, 0.05) is 24.7 Å². The molecule has 1 rings (SSSR count). The number of hydrogen-bond acceptors (Lipinski definition) is 3. The van der Waals surface area contributed by atoms with E-state index in [0.717, 1.165) is 6.42 Å². The monoisotopic (exact) mass is 377 g/mol. The smallest absolute Gasteiger partial charge is 0.217 e. The summed E-state index contributed by atoms with van der Waals surface area (Å²) in [7, 11) is 0. The van der Waals surface area contributed by atoms with Crippen LogP contribution < -0.4 is 5.32 Å². The molecular formula is C23H39NO3. The third-order valence-corrected chi connectivity index (χ3v) is 5.87. The molecule has 4 nitrogen and oxygen atoms in total.